The first-order valence-corrected chi connectivity index (χ1v) is 8.50. The second kappa shape index (κ2) is 4.95. The third-order valence-electron chi connectivity index (χ3n) is 5.06. The molecule has 0 fully saturated rings. The molecule has 4 aromatic rings. The van der Waals surface area contributed by atoms with Gasteiger partial charge in [0.25, 0.3) is 0 Å². The summed E-state index contributed by atoms with van der Waals surface area (Å²) in [6, 6.07) is 5.78. The van der Waals surface area contributed by atoms with E-state index in [1.165, 1.54) is 6.07 Å². The monoisotopic (exact) mass is 368 g/mol. The van der Waals surface area contributed by atoms with E-state index < -0.39 is 17.1 Å². The van der Waals surface area contributed by atoms with Crippen molar-refractivity contribution in [1.82, 2.24) is 0 Å². The minimum absolute atomic E-state index is 0.00705. The lowest BCUT2D eigenvalue weighted by molar-refractivity contribution is -0.0229. The molecule has 1 aliphatic heterocycles. The van der Waals surface area contributed by atoms with Crippen molar-refractivity contribution in [3.8, 4) is 17.2 Å². The predicted octanol–water partition coefficient (Wildman–Crippen LogP) is 3.18. The van der Waals surface area contributed by atoms with Crippen molar-refractivity contribution in [2.45, 2.75) is 32.0 Å². The number of ether oxygens (including phenoxy) is 1. The lowest BCUT2D eigenvalue weighted by atomic mass is 9.96. The molecule has 1 atom stereocenters. The normalized spacial score (nSPS) is 16.9. The fraction of sp³-hybridized carbons (Fsp3) is 0.250. The van der Waals surface area contributed by atoms with Gasteiger partial charge in [0.05, 0.1) is 5.60 Å². The predicted molar refractivity (Wildman–Crippen MR) is 97.5 cm³/mol. The summed E-state index contributed by atoms with van der Waals surface area (Å²) in [6.07, 6.45) is -0.00882. The molecule has 7 nitrogen and oxygen atoms in total. The summed E-state index contributed by atoms with van der Waals surface area (Å²) in [6.45, 7) is 3.35. The van der Waals surface area contributed by atoms with Gasteiger partial charge in [-0.25, -0.2) is 0 Å². The van der Waals surface area contributed by atoms with Crippen molar-refractivity contribution in [1.29, 1.82) is 0 Å². The zero-order chi connectivity index (χ0) is 19.1. The number of phenolic OH excluding ortho intramolecular Hbond substituents is 2. The Morgan fingerprint density at radius 2 is 1.89 bits per heavy atom. The van der Waals surface area contributed by atoms with Crippen molar-refractivity contribution in [2.24, 2.45) is 0 Å². The van der Waals surface area contributed by atoms with E-state index in [0.717, 1.165) is 11.6 Å². The smallest absolute Gasteiger partial charge is 0.302 e. The van der Waals surface area contributed by atoms with E-state index >= 15 is 0 Å². The summed E-state index contributed by atoms with van der Waals surface area (Å²) >= 11 is 0. The maximum absolute atomic E-state index is 13.0. The summed E-state index contributed by atoms with van der Waals surface area (Å²) in [4.78, 5) is 13.0. The van der Waals surface area contributed by atoms with Crippen LogP contribution in [0.25, 0.3) is 33.1 Å². The van der Waals surface area contributed by atoms with E-state index in [2.05, 4.69) is 0 Å². The van der Waals surface area contributed by atoms with Crippen LogP contribution in [0.1, 0.15) is 19.4 Å². The maximum atomic E-state index is 13.0. The number of furan rings is 1. The topological polar surface area (TPSA) is 113 Å². The van der Waals surface area contributed by atoms with E-state index in [0.29, 0.717) is 23.1 Å². The minimum Gasteiger partial charge on any atom is -0.508 e. The van der Waals surface area contributed by atoms with Crippen LogP contribution in [-0.2, 0) is 6.42 Å². The molecule has 1 aliphatic rings. The van der Waals surface area contributed by atoms with Gasteiger partial charge in [-0.05, 0) is 26.0 Å². The van der Waals surface area contributed by atoms with Crippen LogP contribution in [0.5, 0.6) is 17.2 Å². The van der Waals surface area contributed by atoms with Gasteiger partial charge in [-0.1, -0.05) is 0 Å². The van der Waals surface area contributed by atoms with E-state index in [-0.39, 0.29) is 33.6 Å². The Hall–Kier alpha value is -3.19. The number of rotatable bonds is 1. The summed E-state index contributed by atoms with van der Waals surface area (Å²) in [5, 5.41) is 30.7. The van der Waals surface area contributed by atoms with Crippen molar-refractivity contribution >= 4 is 33.1 Å². The molecule has 0 saturated carbocycles. The highest BCUT2D eigenvalue weighted by Crippen LogP contribution is 2.42. The molecule has 0 aliphatic carbocycles. The van der Waals surface area contributed by atoms with Crippen LogP contribution >= 0.6 is 0 Å². The molecule has 0 saturated heterocycles. The van der Waals surface area contributed by atoms with Crippen molar-refractivity contribution in [3.63, 3.8) is 0 Å². The number of phenols is 2. The third-order valence-corrected chi connectivity index (χ3v) is 5.06. The van der Waals surface area contributed by atoms with Crippen molar-refractivity contribution in [2.75, 3.05) is 0 Å². The average Bonchev–Trinajstić information content (AvgIpc) is 3.13. The molecule has 2 aromatic heterocycles. The Bertz CT molecular complexity index is 1300. The van der Waals surface area contributed by atoms with Crippen LogP contribution in [0, 0.1) is 0 Å². The van der Waals surface area contributed by atoms with Gasteiger partial charge >= 0.3 is 5.78 Å². The number of fused-ring (bicyclic) bond motifs is 6. The first kappa shape index (κ1) is 16.0. The van der Waals surface area contributed by atoms with Gasteiger partial charge in [0.15, 0.2) is 0 Å². The van der Waals surface area contributed by atoms with Crippen LogP contribution < -0.4 is 10.2 Å². The Labute approximate surface area is 152 Å². The Morgan fingerprint density at radius 3 is 2.63 bits per heavy atom. The quantitative estimate of drug-likeness (QED) is 0.473. The van der Waals surface area contributed by atoms with Gasteiger partial charge in [-0.2, -0.15) is 0 Å². The molecule has 3 N–H and O–H groups in total. The second-order valence-electron chi connectivity index (χ2n) is 7.42. The molecular formula is C20H16O7. The summed E-state index contributed by atoms with van der Waals surface area (Å²) in [5.41, 5.74) is -0.244. The molecule has 0 spiro atoms. The van der Waals surface area contributed by atoms with Gasteiger partial charge in [-0.3, -0.25) is 4.79 Å². The van der Waals surface area contributed by atoms with E-state index in [1.54, 1.807) is 26.0 Å². The van der Waals surface area contributed by atoms with Gasteiger partial charge in [0, 0.05) is 29.5 Å². The number of aliphatic hydroxyl groups is 1. The van der Waals surface area contributed by atoms with Crippen molar-refractivity contribution < 1.29 is 28.9 Å². The van der Waals surface area contributed by atoms with Gasteiger partial charge in [-0.15, -0.1) is 0 Å². The zero-order valence-electron chi connectivity index (χ0n) is 14.6. The van der Waals surface area contributed by atoms with Crippen LogP contribution in [0.4, 0.5) is 0 Å². The molecule has 0 radical (unpaired) electrons. The van der Waals surface area contributed by atoms with Crippen LogP contribution in [-0.4, -0.2) is 27.0 Å². The highest BCUT2D eigenvalue weighted by molar-refractivity contribution is 6.08. The molecule has 0 amide bonds. The fourth-order valence-electron chi connectivity index (χ4n) is 3.66. The van der Waals surface area contributed by atoms with E-state index in [1.807, 2.05) is 0 Å². The van der Waals surface area contributed by atoms with Gasteiger partial charge < -0.3 is 28.9 Å². The lowest BCUT2D eigenvalue weighted by Gasteiger charge is -2.24. The standard InChI is InChI=1S/C20H16O7/c1-20(2,24)14-7-10-12(25-14)4-3-9-15-17(23)16-11(22)5-8(21)6-13(16)26-19(15)27-18(9)10/h3-6,14,21-22,24H,7H2,1-2H3. The Balaban J connectivity index is 1.85. The second-order valence-corrected chi connectivity index (χ2v) is 7.42. The van der Waals surface area contributed by atoms with Crippen LogP contribution in [0.2, 0.25) is 0 Å². The van der Waals surface area contributed by atoms with Gasteiger partial charge in [0.2, 0.25) is 5.43 Å². The zero-order valence-corrected chi connectivity index (χ0v) is 14.6. The third kappa shape index (κ3) is 2.15. The Morgan fingerprint density at radius 1 is 1.11 bits per heavy atom. The molecule has 3 heterocycles. The molecule has 27 heavy (non-hydrogen) atoms. The number of hydrogen-bond acceptors (Lipinski definition) is 7. The first-order valence-electron chi connectivity index (χ1n) is 8.50. The lowest BCUT2D eigenvalue weighted by Crippen LogP contribution is -2.39. The largest absolute Gasteiger partial charge is 0.508 e. The van der Waals surface area contributed by atoms with E-state index in [4.69, 9.17) is 13.6 Å². The highest BCUT2D eigenvalue weighted by Gasteiger charge is 2.37. The molecule has 5 rings (SSSR count). The number of hydrogen-bond donors (Lipinski definition) is 3. The molecule has 2 aromatic carbocycles. The van der Waals surface area contributed by atoms with Gasteiger partial charge in [0.1, 0.15) is 45.3 Å². The molecular weight excluding hydrogens is 352 g/mol. The highest BCUT2D eigenvalue weighted by atomic mass is 16.5. The number of benzene rings is 2. The Kier molecular flexibility index (Phi) is 2.94. The molecule has 7 heteroatoms. The average molecular weight is 368 g/mol. The molecule has 1 unspecified atom stereocenters. The van der Waals surface area contributed by atoms with Crippen LogP contribution in [0.3, 0.4) is 0 Å². The van der Waals surface area contributed by atoms with Crippen molar-refractivity contribution in [3.05, 3.63) is 40.1 Å². The summed E-state index contributed by atoms with van der Waals surface area (Å²) in [5.74, 6) is 0.0151. The fourth-order valence-corrected chi connectivity index (χ4v) is 3.66. The van der Waals surface area contributed by atoms with Crippen LogP contribution in [0.15, 0.2) is 37.9 Å². The summed E-state index contributed by atoms with van der Waals surface area (Å²) in [7, 11) is 0. The maximum Gasteiger partial charge on any atom is 0.302 e. The van der Waals surface area contributed by atoms with E-state index in [9.17, 15) is 20.1 Å². The number of aromatic hydroxyl groups is 2. The SMILES string of the molecule is CC(C)(O)C1Cc2c(ccc3c2oc2oc4cc(O)cc(O)c4c(=O)c23)O1. The minimum atomic E-state index is -1.04. The molecule has 0 bridgehead atoms. The molecule has 138 valence electrons. The summed E-state index contributed by atoms with van der Waals surface area (Å²) < 4.78 is 17.3. The first-order chi connectivity index (χ1) is 12.7.